The summed E-state index contributed by atoms with van der Waals surface area (Å²) in [6, 6.07) is 8.04. The Bertz CT molecular complexity index is 440. The average molecular weight is 231 g/mol. The lowest BCUT2D eigenvalue weighted by Gasteiger charge is -2.28. The van der Waals surface area contributed by atoms with Crippen molar-refractivity contribution in [1.29, 1.82) is 0 Å². The summed E-state index contributed by atoms with van der Waals surface area (Å²) in [7, 11) is 0. The molecule has 0 spiro atoms. The van der Waals surface area contributed by atoms with Crippen molar-refractivity contribution < 1.29 is 9.53 Å². The Morgan fingerprint density at radius 1 is 1.47 bits per heavy atom. The van der Waals surface area contributed by atoms with Gasteiger partial charge in [-0.25, -0.2) is 0 Å². The molecule has 1 aliphatic rings. The monoisotopic (exact) mass is 231 g/mol. The number of aryl methyl sites for hydroxylation is 1. The lowest BCUT2D eigenvalue weighted by Crippen LogP contribution is -2.36. The average Bonchev–Trinajstić information content (AvgIpc) is 2.29. The number of carbonyl (C=O) groups excluding carboxylic acids is 1. The minimum Gasteiger partial charge on any atom is -0.478 e. The SMILES string of the molecule is CC(=O)C1CC=COC1Nc1cccc(C)c1. The molecule has 1 aromatic carbocycles. The second-order valence-electron chi connectivity index (χ2n) is 4.40. The number of benzene rings is 1. The van der Waals surface area contributed by atoms with Crippen molar-refractivity contribution in [2.75, 3.05) is 5.32 Å². The van der Waals surface area contributed by atoms with Gasteiger partial charge in [-0.15, -0.1) is 0 Å². The summed E-state index contributed by atoms with van der Waals surface area (Å²) >= 11 is 0. The molecule has 0 saturated carbocycles. The molecule has 0 fully saturated rings. The summed E-state index contributed by atoms with van der Waals surface area (Å²) in [4.78, 5) is 11.5. The number of ether oxygens (including phenoxy) is 1. The first-order valence-corrected chi connectivity index (χ1v) is 5.81. The largest absolute Gasteiger partial charge is 0.478 e. The fraction of sp³-hybridized carbons (Fsp3) is 0.357. The van der Waals surface area contributed by atoms with E-state index >= 15 is 0 Å². The molecule has 2 unspecified atom stereocenters. The molecule has 90 valence electrons. The van der Waals surface area contributed by atoms with Crippen LogP contribution in [0.15, 0.2) is 36.6 Å². The highest BCUT2D eigenvalue weighted by Gasteiger charge is 2.27. The highest BCUT2D eigenvalue weighted by Crippen LogP contribution is 2.22. The quantitative estimate of drug-likeness (QED) is 0.869. The maximum absolute atomic E-state index is 11.5. The van der Waals surface area contributed by atoms with E-state index in [0.717, 1.165) is 12.1 Å². The predicted molar refractivity (Wildman–Crippen MR) is 67.6 cm³/mol. The second-order valence-corrected chi connectivity index (χ2v) is 4.40. The van der Waals surface area contributed by atoms with Crippen LogP contribution in [0.1, 0.15) is 18.9 Å². The van der Waals surface area contributed by atoms with Gasteiger partial charge in [-0.2, -0.15) is 0 Å². The van der Waals surface area contributed by atoms with Crippen molar-refractivity contribution in [3.8, 4) is 0 Å². The van der Waals surface area contributed by atoms with Crippen LogP contribution in [0.3, 0.4) is 0 Å². The van der Waals surface area contributed by atoms with Crippen molar-refractivity contribution in [2.45, 2.75) is 26.5 Å². The zero-order valence-electron chi connectivity index (χ0n) is 10.1. The molecule has 1 aliphatic heterocycles. The second kappa shape index (κ2) is 5.04. The molecular weight excluding hydrogens is 214 g/mol. The van der Waals surface area contributed by atoms with Crippen LogP contribution in [0.2, 0.25) is 0 Å². The molecule has 1 aromatic rings. The van der Waals surface area contributed by atoms with E-state index in [0.29, 0.717) is 0 Å². The van der Waals surface area contributed by atoms with Crippen LogP contribution in [-0.4, -0.2) is 12.0 Å². The molecule has 0 aliphatic carbocycles. The van der Waals surface area contributed by atoms with E-state index in [1.165, 1.54) is 5.56 Å². The van der Waals surface area contributed by atoms with Crippen LogP contribution in [0, 0.1) is 12.8 Å². The van der Waals surface area contributed by atoms with Gasteiger partial charge in [0, 0.05) is 5.69 Å². The molecule has 0 amide bonds. The van der Waals surface area contributed by atoms with Crippen molar-refractivity contribution >= 4 is 11.5 Å². The molecule has 0 saturated heterocycles. The lowest BCUT2D eigenvalue weighted by atomic mass is 9.97. The number of hydrogen-bond donors (Lipinski definition) is 1. The van der Waals surface area contributed by atoms with Crippen LogP contribution < -0.4 is 5.32 Å². The Balaban J connectivity index is 2.11. The third-order valence-corrected chi connectivity index (χ3v) is 2.93. The van der Waals surface area contributed by atoms with E-state index in [-0.39, 0.29) is 17.9 Å². The van der Waals surface area contributed by atoms with Gasteiger partial charge in [0.2, 0.25) is 0 Å². The Hall–Kier alpha value is -1.77. The summed E-state index contributed by atoms with van der Waals surface area (Å²) in [5, 5.41) is 3.26. The Morgan fingerprint density at radius 3 is 3.00 bits per heavy atom. The number of anilines is 1. The van der Waals surface area contributed by atoms with Crippen molar-refractivity contribution in [1.82, 2.24) is 0 Å². The van der Waals surface area contributed by atoms with Crippen LogP contribution in [-0.2, 0) is 9.53 Å². The zero-order chi connectivity index (χ0) is 12.3. The van der Waals surface area contributed by atoms with Crippen molar-refractivity contribution in [3.05, 3.63) is 42.2 Å². The molecule has 3 nitrogen and oxygen atoms in total. The highest BCUT2D eigenvalue weighted by atomic mass is 16.5. The Kier molecular flexibility index (Phi) is 3.47. The first-order valence-electron chi connectivity index (χ1n) is 5.81. The lowest BCUT2D eigenvalue weighted by molar-refractivity contribution is -0.124. The van der Waals surface area contributed by atoms with Gasteiger partial charge in [-0.3, -0.25) is 4.79 Å². The minimum absolute atomic E-state index is 0.111. The molecular formula is C14H17NO2. The number of ketones is 1. The summed E-state index contributed by atoms with van der Waals surface area (Å²) in [5.41, 5.74) is 2.16. The molecule has 2 rings (SSSR count). The van der Waals surface area contributed by atoms with Crippen LogP contribution in [0.25, 0.3) is 0 Å². The van der Waals surface area contributed by atoms with E-state index < -0.39 is 0 Å². The van der Waals surface area contributed by atoms with E-state index in [4.69, 9.17) is 4.74 Å². The topological polar surface area (TPSA) is 38.3 Å². The third-order valence-electron chi connectivity index (χ3n) is 2.93. The zero-order valence-corrected chi connectivity index (χ0v) is 10.1. The number of hydrogen-bond acceptors (Lipinski definition) is 3. The van der Waals surface area contributed by atoms with Gasteiger partial charge in [-0.05, 0) is 44.0 Å². The number of allylic oxidation sites excluding steroid dienone is 1. The molecule has 0 bridgehead atoms. The van der Waals surface area contributed by atoms with Gasteiger partial charge in [0.1, 0.15) is 5.78 Å². The van der Waals surface area contributed by atoms with E-state index in [9.17, 15) is 4.79 Å². The summed E-state index contributed by atoms with van der Waals surface area (Å²) in [5.74, 6) is 0.0417. The number of carbonyl (C=O) groups is 1. The van der Waals surface area contributed by atoms with E-state index in [2.05, 4.69) is 5.32 Å². The first-order chi connectivity index (χ1) is 8.16. The van der Waals surface area contributed by atoms with E-state index in [1.54, 1.807) is 13.2 Å². The highest BCUT2D eigenvalue weighted by molar-refractivity contribution is 5.79. The van der Waals surface area contributed by atoms with E-state index in [1.807, 2.05) is 37.3 Å². The fourth-order valence-corrected chi connectivity index (χ4v) is 1.97. The van der Waals surface area contributed by atoms with Gasteiger partial charge in [0.25, 0.3) is 0 Å². The normalized spacial score (nSPS) is 22.9. The molecule has 0 aromatic heterocycles. The van der Waals surface area contributed by atoms with Crippen LogP contribution >= 0.6 is 0 Å². The van der Waals surface area contributed by atoms with Crippen molar-refractivity contribution in [3.63, 3.8) is 0 Å². The summed E-state index contributed by atoms with van der Waals surface area (Å²) in [6.45, 7) is 3.65. The van der Waals surface area contributed by atoms with Crippen molar-refractivity contribution in [2.24, 2.45) is 5.92 Å². The molecule has 2 atom stereocenters. The number of Topliss-reactive ketones (excluding diaryl/α,β-unsaturated/α-hetero) is 1. The fourth-order valence-electron chi connectivity index (χ4n) is 1.97. The smallest absolute Gasteiger partial charge is 0.179 e. The predicted octanol–water partition coefficient (Wildman–Crippen LogP) is 2.87. The first kappa shape index (κ1) is 11.7. The molecule has 0 radical (unpaired) electrons. The maximum atomic E-state index is 11.5. The van der Waals surface area contributed by atoms with Gasteiger partial charge in [-0.1, -0.05) is 12.1 Å². The number of rotatable bonds is 3. The minimum atomic E-state index is -0.265. The molecule has 1 N–H and O–H groups in total. The summed E-state index contributed by atoms with van der Waals surface area (Å²) < 4.78 is 5.48. The Morgan fingerprint density at radius 2 is 2.29 bits per heavy atom. The maximum Gasteiger partial charge on any atom is 0.179 e. The van der Waals surface area contributed by atoms with Gasteiger partial charge in [0.15, 0.2) is 6.23 Å². The van der Waals surface area contributed by atoms with Gasteiger partial charge >= 0.3 is 0 Å². The van der Waals surface area contributed by atoms with Gasteiger partial charge < -0.3 is 10.1 Å². The van der Waals surface area contributed by atoms with Gasteiger partial charge in [0.05, 0.1) is 12.2 Å². The summed E-state index contributed by atoms with van der Waals surface area (Å²) in [6.07, 6.45) is 4.02. The third kappa shape index (κ3) is 2.87. The molecule has 1 heterocycles. The number of nitrogens with one attached hydrogen (secondary N) is 1. The molecule has 17 heavy (non-hydrogen) atoms. The van der Waals surface area contributed by atoms with Crippen LogP contribution in [0.4, 0.5) is 5.69 Å². The molecule has 3 heteroatoms. The Labute approximate surface area is 101 Å². The standard InChI is InChI=1S/C14H17NO2/c1-10-5-3-6-12(9-10)15-14-13(11(2)16)7-4-8-17-14/h3-6,8-9,13-15H,7H2,1-2H3. The van der Waals surface area contributed by atoms with Crippen LogP contribution in [0.5, 0.6) is 0 Å².